The zero-order chi connectivity index (χ0) is 15.7. The Kier molecular flexibility index (Phi) is 3.42. The van der Waals surface area contributed by atoms with Crippen LogP contribution in [0.25, 0.3) is 0 Å². The zero-order valence-corrected chi connectivity index (χ0v) is 12.3. The Labute approximate surface area is 127 Å². The lowest BCUT2D eigenvalue weighted by atomic mass is 10.2. The van der Waals surface area contributed by atoms with Crippen LogP contribution < -0.4 is 9.47 Å². The van der Waals surface area contributed by atoms with Gasteiger partial charge in [-0.15, -0.1) is 4.40 Å². The van der Waals surface area contributed by atoms with E-state index >= 15 is 0 Å². The molecule has 0 saturated carbocycles. The number of hydrogen-bond donors (Lipinski definition) is 0. The number of fused-ring (bicyclic) bond motifs is 1. The molecule has 0 aromatic heterocycles. The minimum absolute atomic E-state index is 0.0206. The fourth-order valence-corrected chi connectivity index (χ4v) is 3.23. The van der Waals surface area contributed by atoms with Gasteiger partial charge in [0, 0.05) is 5.56 Å². The van der Waals surface area contributed by atoms with Crippen molar-refractivity contribution in [2.45, 2.75) is 4.90 Å². The molecule has 2 aromatic carbocycles. The number of sulfonamides is 1. The molecule has 0 N–H and O–H groups in total. The van der Waals surface area contributed by atoms with Crippen molar-refractivity contribution in [2.24, 2.45) is 4.40 Å². The molecule has 0 radical (unpaired) electrons. The third kappa shape index (κ3) is 2.35. The average Bonchev–Trinajstić information content (AvgIpc) is 2.79. The monoisotopic (exact) mass is 317 g/mol. The number of methoxy groups -OCH3 is 1. The van der Waals surface area contributed by atoms with Crippen LogP contribution in [0.1, 0.15) is 15.9 Å². The molecule has 6 nitrogen and oxygen atoms in total. The van der Waals surface area contributed by atoms with Gasteiger partial charge in [-0.3, -0.25) is 4.79 Å². The minimum atomic E-state index is -3.74. The highest BCUT2D eigenvalue weighted by molar-refractivity contribution is 7.90. The van der Waals surface area contributed by atoms with E-state index in [1.54, 1.807) is 24.3 Å². The van der Waals surface area contributed by atoms with Crippen molar-refractivity contribution in [1.29, 1.82) is 0 Å². The molecule has 0 aliphatic carbocycles. The summed E-state index contributed by atoms with van der Waals surface area (Å²) in [7, 11) is -2.31. The van der Waals surface area contributed by atoms with E-state index in [1.165, 1.54) is 25.3 Å². The van der Waals surface area contributed by atoms with Gasteiger partial charge in [-0.05, 0) is 30.3 Å². The average molecular weight is 317 g/mol. The molecular weight excluding hydrogens is 306 g/mol. The van der Waals surface area contributed by atoms with Gasteiger partial charge in [0.05, 0.1) is 12.7 Å². The van der Waals surface area contributed by atoms with Gasteiger partial charge in [0.15, 0.2) is 11.5 Å². The van der Waals surface area contributed by atoms with Gasteiger partial charge < -0.3 is 9.47 Å². The summed E-state index contributed by atoms with van der Waals surface area (Å²) in [4.78, 5) is 10.9. The fourth-order valence-electron chi connectivity index (χ4n) is 2.10. The second-order valence-corrected chi connectivity index (χ2v) is 6.07. The first-order valence-electron chi connectivity index (χ1n) is 6.30. The second kappa shape index (κ2) is 5.27. The summed E-state index contributed by atoms with van der Waals surface area (Å²) < 4.78 is 38.3. The summed E-state index contributed by atoms with van der Waals surface area (Å²) in [6, 6.07) is 11.0. The van der Waals surface area contributed by atoms with Crippen LogP contribution in [-0.4, -0.2) is 27.7 Å². The van der Waals surface area contributed by atoms with Crippen LogP contribution in [0.4, 0.5) is 0 Å². The third-order valence-electron chi connectivity index (χ3n) is 3.13. The van der Waals surface area contributed by atoms with Gasteiger partial charge in [0.1, 0.15) is 11.2 Å². The molecule has 3 rings (SSSR count). The number of benzene rings is 2. The zero-order valence-electron chi connectivity index (χ0n) is 11.5. The standard InChI is InChI=1S/C15H11NO5S/c1-20-13-8-10(9-17)6-7-12(13)21-15-11-4-2-3-5-14(11)22(18,19)16-15/h2-9H,1H3. The van der Waals surface area contributed by atoms with Gasteiger partial charge in [0.25, 0.3) is 10.0 Å². The fraction of sp³-hybridized carbons (Fsp3) is 0.0667. The highest BCUT2D eigenvalue weighted by atomic mass is 32.2. The normalized spacial score (nSPS) is 14.9. The first-order chi connectivity index (χ1) is 10.5. The van der Waals surface area contributed by atoms with Crippen LogP contribution in [0.2, 0.25) is 0 Å². The molecule has 0 spiro atoms. The molecule has 0 unspecified atom stereocenters. The van der Waals surface area contributed by atoms with Gasteiger partial charge >= 0.3 is 0 Å². The van der Waals surface area contributed by atoms with Crippen LogP contribution in [-0.2, 0) is 10.0 Å². The van der Waals surface area contributed by atoms with Crippen LogP contribution in [0.3, 0.4) is 0 Å². The van der Waals surface area contributed by atoms with Crippen LogP contribution in [0.15, 0.2) is 51.8 Å². The van der Waals surface area contributed by atoms with Crippen molar-refractivity contribution in [3.63, 3.8) is 0 Å². The van der Waals surface area contributed by atoms with E-state index in [9.17, 15) is 13.2 Å². The number of ether oxygens (including phenoxy) is 2. The highest BCUT2D eigenvalue weighted by Crippen LogP contribution is 2.32. The molecule has 1 aliphatic rings. The van der Waals surface area contributed by atoms with E-state index in [2.05, 4.69) is 4.40 Å². The largest absolute Gasteiger partial charge is 0.493 e. The summed E-state index contributed by atoms with van der Waals surface area (Å²) in [5.74, 6) is 0.570. The van der Waals surface area contributed by atoms with E-state index in [0.29, 0.717) is 23.2 Å². The number of carbonyl (C=O) groups excluding carboxylic acids is 1. The van der Waals surface area contributed by atoms with Gasteiger partial charge in [-0.2, -0.15) is 8.42 Å². The van der Waals surface area contributed by atoms with E-state index in [4.69, 9.17) is 9.47 Å². The highest BCUT2D eigenvalue weighted by Gasteiger charge is 2.30. The summed E-state index contributed by atoms with van der Waals surface area (Å²) in [6.45, 7) is 0. The van der Waals surface area contributed by atoms with Crippen molar-refractivity contribution in [3.8, 4) is 11.5 Å². The molecule has 112 valence electrons. The first kappa shape index (κ1) is 14.3. The van der Waals surface area contributed by atoms with Crippen molar-refractivity contribution >= 4 is 22.2 Å². The molecule has 7 heteroatoms. The van der Waals surface area contributed by atoms with Crippen molar-refractivity contribution in [3.05, 3.63) is 53.6 Å². The van der Waals surface area contributed by atoms with E-state index in [-0.39, 0.29) is 16.5 Å². The van der Waals surface area contributed by atoms with Crippen molar-refractivity contribution in [2.75, 3.05) is 7.11 Å². The summed E-state index contributed by atoms with van der Waals surface area (Å²) in [5, 5.41) is 0. The molecule has 0 fully saturated rings. The molecule has 0 bridgehead atoms. The first-order valence-corrected chi connectivity index (χ1v) is 7.74. The lowest BCUT2D eigenvalue weighted by Crippen LogP contribution is -2.08. The Hall–Kier alpha value is -2.67. The Morgan fingerprint density at radius 2 is 1.86 bits per heavy atom. The Balaban J connectivity index is 2.03. The smallest absolute Gasteiger partial charge is 0.286 e. The maximum Gasteiger partial charge on any atom is 0.286 e. The molecule has 0 atom stereocenters. The predicted molar refractivity (Wildman–Crippen MR) is 79.2 cm³/mol. The van der Waals surface area contributed by atoms with Crippen LogP contribution >= 0.6 is 0 Å². The molecule has 1 heterocycles. The van der Waals surface area contributed by atoms with E-state index in [0.717, 1.165) is 0 Å². The van der Waals surface area contributed by atoms with Gasteiger partial charge in [-0.25, -0.2) is 0 Å². The number of carbonyl (C=O) groups is 1. The molecule has 1 aliphatic heterocycles. The van der Waals surface area contributed by atoms with E-state index in [1.807, 2.05) is 0 Å². The summed E-state index contributed by atoms with van der Waals surface area (Å²) in [6.07, 6.45) is 0.680. The quantitative estimate of drug-likeness (QED) is 0.809. The SMILES string of the molecule is COc1cc(C=O)ccc1OC1=NS(=O)(=O)c2ccccc21. The van der Waals surface area contributed by atoms with Crippen LogP contribution in [0.5, 0.6) is 11.5 Å². The lowest BCUT2D eigenvalue weighted by Gasteiger charge is -2.10. The molecular formula is C15H11NO5S. The molecule has 22 heavy (non-hydrogen) atoms. The van der Waals surface area contributed by atoms with Crippen molar-refractivity contribution < 1.29 is 22.7 Å². The number of nitrogens with zero attached hydrogens (tertiary/aromatic N) is 1. The predicted octanol–water partition coefficient (Wildman–Crippen LogP) is 2.04. The molecule has 0 saturated heterocycles. The van der Waals surface area contributed by atoms with Gasteiger partial charge in [0.2, 0.25) is 5.90 Å². The maximum absolute atomic E-state index is 12.0. The topological polar surface area (TPSA) is 82.0 Å². The maximum atomic E-state index is 12.0. The lowest BCUT2D eigenvalue weighted by molar-refractivity contribution is 0.112. The third-order valence-corrected chi connectivity index (χ3v) is 4.45. The summed E-state index contributed by atoms with van der Waals surface area (Å²) >= 11 is 0. The van der Waals surface area contributed by atoms with Crippen LogP contribution in [0, 0.1) is 0 Å². The van der Waals surface area contributed by atoms with E-state index < -0.39 is 10.0 Å². The minimum Gasteiger partial charge on any atom is -0.493 e. The number of aldehydes is 1. The van der Waals surface area contributed by atoms with Crippen molar-refractivity contribution in [1.82, 2.24) is 0 Å². The molecule has 0 amide bonds. The Bertz CT molecular complexity index is 887. The Morgan fingerprint density at radius 1 is 1.09 bits per heavy atom. The Morgan fingerprint density at radius 3 is 2.59 bits per heavy atom. The second-order valence-electron chi connectivity index (χ2n) is 4.50. The number of hydrogen-bond acceptors (Lipinski definition) is 5. The number of rotatable bonds is 3. The van der Waals surface area contributed by atoms with Gasteiger partial charge in [-0.1, -0.05) is 12.1 Å². The summed E-state index contributed by atoms with van der Waals surface area (Å²) in [5.41, 5.74) is 0.814. The molecule has 2 aromatic rings.